The average molecular weight is 516 g/mol. The van der Waals surface area contributed by atoms with Crippen LogP contribution < -0.4 is 5.32 Å². The third kappa shape index (κ3) is 4.47. The minimum absolute atomic E-state index is 0.00582. The highest BCUT2D eigenvalue weighted by Crippen LogP contribution is 2.38. The van der Waals surface area contributed by atoms with E-state index in [0.717, 1.165) is 36.1 Å². The number of hydrogen-bond donors (Lipinski definition) is 1. The minimum atomic E-state index is -3.85. The van der Waals surface area contributed by atoms with Gasteiger partial charge in [-0.2, -0.15) is 21.3 Å². The van der Waals surface area contributed by atoms with E-state index in [4.69, 9.17) is 23.2 Å². The molecule has 0 unspecified atom stereocenters. The summed E-state index contributed by atoms with van der Waals surface area (Å²) in [7, 11) is -3.85. The Kier molecular flexibility index (Phi) is 6.87. The van der Waals surface area contributed by atoms with Crippen LogP contribution in [0.2, 0.25) is 10.0 Å². The number of carbonyl (C=O) groups is 1. The van der Waals surface area contributed by atoms with Gasteiger partial charge in [0.1, 0.15) is 16.0 Å². The number of nitrogens with zero attached hydrogens (tertiary/aromatic N) is 2. The number of fused-ring (bicyclic) bond motifs is 1. The SMILES string of the molecule is N#Cc1c(NC(=O)c2cc(S(=O)(=O)N3CCSCC3)c(Cl)cc2Cl)sc2c1CCCC2. The topological polar surface area (TPSA) is 90.3 Å². The summed E-state index contributed by atoms with van der Waals surface area (Å²) in [6.45, 7) is 0.777. The Morgan fingerprint density at radius 1 is 1.13 bits per heavy atom. The Bertz CT molecular complexity index is 1180. The summed E-state index contributed by atoms with van der Waals surface area (Å²) < 4.78 is 27.6. The molecule has 164 valence electrons. The second kappa shape index (κ2) is 9.30. The Hall–Kier alpha value is -1.28. The van der Waals surface area contributed by atoms with E-state index in [2.05, 4.69) is 11.4 Å². The van der Waals surface area contributed by atoms with Crippen LogP contribution in [0.5, 0.6) is 0 Å². The van der Waals surface area contributed by atoms with Gasteiger partial charge < -0.3 is 5.32 Å². The maximum atomic E-state index is 13.1. The van der Waals surface area contributed by atoms with Crippen molar-refractivity contribution in [3.05, 3.63) is 43.7 Å². The number of thioether (sulfide) groups is 1. The highest BCUT2D eigenvalue weighted by atomic mass is 35.5. The highest BCUT2D eigenvalue weighted by Gasteiger charge is 2.30. The molecule has 0 spiro atoms. The Morgan fingerprint density at radius 2 is 1.84 bits per heavy atom. The lowest BCUT2D eigenvalue weighted by Crippen LogP contribution is -2.38. The summed E-state index contributed by atoms with van der Waals surface area (Å²) in [6, 6.07) is 4.72. The van der Waals surface area contributed by atoms with Crippen LogP contribution in [-0.4, -0.2) is 43.2 Å². The van der Waals surface area contributed by atoms with Crippen molar-refractivity contribution in [2.45, 2.75) is 30.6 Å². The third-order valence-electron chi connectivity index (χ3n) is 5.36. The average Bonchev–Trinajstić information content (AvgIpc) is 3.11. The number of sulfonamides is 1. The minimum Gasteiger partial charge on any atom is -0.312 e. The molecule has 0 atom stereocenters. The van der Waals surface area contributed by atoms with E-state index >= 15 is 0 Å². The van der Waals surface area contributed by atoms with E-state index in [1.54, 1.807) is 11.8 Å². The molecule has 2 heterocycles. The molecule has 1 saturated heterocycles. The van der Waals surface area contributed by atoms with Gasteiger partial charge in [-0.15, -0.1) is 11.3 Å². The smallest absolute Gasteiger partial charge is 0.257 e. The van der Waals surface area contributed by atoms with Crippen molar-refractivity contribution < 1.29 is 13.2 Å². The number of rotatable bonds is 4. The predicted molar refractivity (Wildman–Crippen MR) is 126 cm³/mol. The molecular weight excluding hydrogens is 497 g/mol. The molecule has 2 aromatic rings. The maximum absolute atomic E-state index is 13.1. The monoisotopic (exact) mass is 515 g/mol. The van der Waals surface area contributed by atoms with Crippen molar-refractivity contribution in [2.24, 2.45) is 0 Å². The van der Waals surface area contributed by atoms with Crippen LogP contribution in [0.15, 0.2) is 17.0 Å². The number of hydrogen-bond acceptors (Lipinski definition) is 6. The molecule has 1 aromatic carbocycles. The summed E-state index contributed by atoms with van der Waals surface area (Å²) in [5.74, 6) is 0.845. The number of anilines is 1. The van der Waals surface area contributed by atoms with Crippen molar-refractivity contribution in [2.75, 3.05) is 29.9 Å². The first-order valence-corrected chi connectivity index (χ1v) is 13.9. The fourth-order valence-corrected chi connectivity index (χ4v) is 8.41. The van der Waals surface area contributed by atoms with E-state index in [0.29, 0.717) is 35.2 Å². The van der Waals surface area contributed by atoms with E-state index in [9.17, 15) is 18.5 Å². The largest absolute Gasteiger partial charge is 0.312 e. The predicted octanol–water partition coefficient (Wildman–Crippen LogP) is 4.80. The fourth-order valence-electron chi connectivity index (χ4n) is 3.77. The molecule has 4 rings (SSSR count). The van der Waals surface area contributed by atoms with Crippen LogP contribution in [0.4, 0.5) is 5.00 Å². The first-order chi connectivity index (χ1) is 14.8. The number of amides is 1. The molecule has 1 N–H and O–H groups in total. The zero-order valence-corrected chi connectivity index (χ0v) is 20.4. The van der Waals surface area contributed by atoms with E-state index in [-0.39, 0.29) is 20.5 Å². The van der Waals surface area contributed by atoms with E-state index in [1.807, 2.05) is 0 Å². The van der Waals surface area contributed by atoms with Gasteiger partial charge >= 0.3 is 0 Å². The quantitative estimate of drug-likeness (QED) is 0.631. The number of benzene rings is 1. The van der Waals surface area contributed by atoms with Crippen molar-refractivity contribution in [1.29, 1.82) is 5.26 Å². The van der Waals surface area contributed by atoms with Crippen LogP contribution in [0.3, 0.4) is 0 Å². The first kappa shape index (κ1) is 22.9. The van der Waals surface area contributed by atoms with Crippen LogP contribution in [0, 0.1) is 11.3 Å². The lowest BCUT2D eigenvalue weighted by molar-refractivity contribution is 0.102. The van der Waals surface area contributed by atoms with Gasteiger partial charge in [-0.3, -0.25) is 4.79 Å². The second-order valence-corrected chi connectivity index (χ2v) is 12.3. The number of nitriles is 1. The molecule has 0 bridgehead atoms. The summed E-state index contributed by atoms with van der Waals surface area (Å²) in [4.78, 5) is 14.0. The van der Waals surface area contributed by atoms with Gasteiger partial charge in [0.15, 0.2) is 0 Å². The number of nitrogens with one attached hydrogen (secondary N) is 1. The molecule has 6 nitrogen and oxygen atoms in total. The van der Waals surface area contributed by atoms with E-state index in [1.165, 1.54) is 27.8 Å². The molecule has 1 aliphatic carbocycles. The van der Waals surface area contributed by atoms with Gasteiger partial charge in [0, 0.05) is 29.5 Å². The molecule has 0 radical (unpaired) electrons. The highest BCUT2D eigenvalue weighted by molar-refractivity contribution is 7.99. The van der Waals surface area contributed by atoms with Crippen molar-refractivity contribution in [3.8, 4) is 6.07 Å². The first-order valence-electron chi connectivity index (χ1n) is 9.76. The van der Waals surface area contributed by atoms with Gasteiger partial charge in [-0.05, 0) is 43.4 Å². The Morgan fingerprint density at radius 3 is 2.55 bits per heavy atom. The third-order valence-corrected chi connectivity index (χ3v) is 10.2. The van der Waals surface area contributed by atoms with Gasteiger partial charge in [0.2, 0.25) is 10.0 Å². The molecule has 1 fully saturated rings. The van der Waals surface area contributed by atoms with Gasteiger partial charge in [-0.25, -0.2) is 8.42 Å². The number of carbonyl (C=O) groups excluding carboxylic acids is 1. The molecule has 1 amide bonds. The second-order valence-electron chi connectivity index (χ2n) is 7.26. The molecule has 1 aliphatic heterocycles. The lowest BCUT2D eigenvalue weighted by Gasteiger charge is -2.26. The van der Waals surface area contributed by atoms with Crippen molar-refractivity contribution in [3.63, 3.8) is 0 Å². The zero-order chi connectivity index (χ0) is 22.2. The Labute approximate surface area is 199 Å². The molecule has 1 aromatic heterocycles. The maximum Gasteiger partial charge on any atom is 0.257 e. The number of halogens is 2. The molecule has 11 heteroatoms. The lowest BCUT2D eigenvalue weighted by atomic mass is 9.96. The fraction of sp³-hybridized carbons (Fsp3) is 0.400. The number of aryl methyl sites for hydroxylation is 1. The normalized spacial score (nSPS) is 17.1. The van der Waals surface area contributed by atoms with Crippen LogP contribution in [0.25, 0.3) is 0 Å². The molecule has 0 saturated carbocycles. The van der Waals surface area contributed by atoms with Gasteiger partial charge in [0.25, 0.3) is 5.91 Å². The molecule has 2 aliphatic rings. The Balaban J connectivity index is 1.67. The molecule has 31 heavy (non-hydrogen) atoms. The standard InChI is InChI=1S/C20H19Cl2N3O3S3/c21-15-10-16(22)18(31(27,28)25-5-7-29-8-6-25)9-13(15)19(26)24-20-14(11-23)12-3-1-2-4-17(12)30-20/h9-10H,1-8H2,(H,24,26). The van der Waals surface area contributed by atoms with Crippen LogP contribution >= 0.6 is 46.3 Å². The van der Waals surface area contributed by atoms with Crippen LogP contribution in [-0.2, 0) is 22.9 Å². The summed E-state index contributed by atoms with van der Waals surface area (Å²) >= 11 is 15.6. The van der Waals surface area contributed by atoms with Crippen LogP contribution in [0.1, 0.15) is 39.2 Å². The van der Waals surface area contributed by atoms with Crippen molar-refractivity contribution >= 4 is 67.2 Å². The summed E-state index contributed by atoms with van der Waals surface area (Å²) in [6.07, 6.45) is 3.79. The van der Waals surface area contributed by atoms with Gasteiger partial charge in [-0.1, -0.05) is 23.2 Å². The van der Waals surface area contributed by atoms with Crippen molar-refractivity contribution in [1.82, 2.24) is 4.31 Å². The number of thiophene rings is 1. The summed E-state index contributed by atoms with van der Waals surface area (Å²) in [5, 5.41) is 12.9. The zero-order valence-electron chi connectivity index (χ0n) is 16.4. The summed E-state index contributed by atoms with van der Waals surface area (Å²) in [5.41, 5.74) is 1.49. The molecular formula is C20H19Cl2N3O3S3. The van der Waals surface area contributed by atoms with E-state index < -0.39 is 15.9 Å². The van der Waals surface area contributed by atoms with Gasteiger partial charge in [0.05, 0.1) is 21.2 Å².